The number of rotatable bonds is 6. The van der Waals surface area contributed by atoms with E-state index in [2.05, 4.69) is 25.6 Å². The molecule has 0 bridgehead atoms. The standard InChI is InChI=1S/C21H20N4OS2/c1-13-11-27-21(22-13)28-12-15-7-9-16(10-8-15)20(26)23-14(2)19-24-17-5-3-4-6-18(17)25-19/h3-11,14H,12H2,1-2H3,(H,23,26)(H,24,25). The molecule has 4 aromatic rings. The van der Waals surface area contributed by atoms with Crippen LogP contribution in [0.4, 0.5) is 0 Å². The van der Waals surface area contributed by atoms with Crippen molar-refractivity contribution in [2.45, 2.75) is 30.0 Å². The van der Waals surface area contributed by atoms with Crippen molar-refractivity contribution in [1.82, 2.24) is 20.3 Å². The summed E-state index contributed by atoms with van der Waals surface area (Å²) in [6.45, 7) is 3.93. The summed E-state index contributed by atoms with van der Waals surface area (Å²) in [7, 11) is 0. The number of H-pyrrole nitrogens is 1. The Morgan fingerprint density at radius 2 is 1.96 bits per heavy atom. The summed E-state index contributed by atoms with van der Waals surface area (Å²) in [5, 5.41) is 5.06. The van der Waals surface area contributed by atoms with Gasteiger partial charge in [0.05, 0.1) is 17.1 Å². The second-order valence-electron chi connectivity index (χ2n) is 6.57. The van der Waals surface area contributed by atoms with Gasteiger partial charge in [0.15, 0.2) is 0 Å². The fourth-order valence-corrected chi connectivity index (χ4v) is 4.63. The average molecular weight is 409 g/mol. The highest BCUT2D eigenvalue weighted by Crippen LogP contribution is 2.26. The summed E-state index contributed by atoms with van der Waals surface area (Å²) >= 11 is 3.37. The maximum Gasteiger partial charge on any atom is 0.251 e. The van der Waals surface area contributed by atoms with E-state index in [0.717, 1.165) is 32.6 Å². The summed E-state index contributed by atoms with van der Waals surface area (Å²) in [4.78, 5) is 24.8. The Bertz CT molecular complexity index is 1070. The van der Waals surface area contributed by atoms with Crippen molar-refractivity contribution in [2.75, 3.05) is 0 Å². The number of para-hydroxylation sites is 2. The maximum absolute atomic E-state index is 12.6. The van der Waals surface area contributed by atoms with Gasteiger partial charge in [0.2, 0.25) is 0 Å². The first-order valence-corrected chi connectivity index (χ1v) is 10.8. The van der Waals surface area contributed by atoms with Crippen LogP contribution in [0.2, 0.25) is 0 Å². The Morgan fingerprint density at radius 1 is 1.18 bits per heavy atom. The van der Waals surface area contributed by atoms with Crippen LogP contribution >= 0.6 is 23.1 Å². The van der Waals surface area contributed by atoms with E-state index in [1.807, 2.05) is 62.4 Å². The summed E-state index contributed by atoms with van der Waals surface area (Å²) in [6.07, 6.45) is 0. The Morgan fingerprint density at radius 3 is 2.68 bits per heavy atom. The molecule has 0 aliphatic heterocycles. The molecule has 0 aliphatic carbocycles. The first kappa shape index (κ1) is 18.7. The number of benzene rings is 2. The van der Waals surface area contributed by atoms with Crippen molar-refractivity contribution in [2.24, 2.45) is 0 Å². The van der Waals surface area contributed by atoms with Gasteiger partial charge in [0, 0.05) is 22.4 Å². The first-order chi connectivity index (χ1) is 13.6. The molecule has 0 saturated heterocycles. The van der Waals surface area contributed by atoms with E-state index in [1.54, 1.807) is 23.1 Å². The number of hydrogen-bond donors (Lipinski definition) is 2. The maximum atomic E-state index is 12.6. The smallest absolute Gasteiger partial charge is 0.251 e. The lowest BCUT2D eigenvalue weighted by molar-refractivity contribution is 0.0938. The lowest BCUT2D eigenvalue weighted by Crippen LogP contribution is -2.27. The molecule has 28 heavy (non-hydrogen) atoms. The molecular formula is C21H20N4OS2. The first-order valence-electron chi connectivity index (χ1n) is 8.98. The molecule has 2 aromatic carbocycles. The number of amides is 1. The van der Waals surface area contributed by atoms with Gasteiger partial charge < -0.3 is 10.3 Å². The number of carbonyl (C=O) groups is 1. The SMILES string of the molecule is Cc1csc(SCc2ccc(C(=O)NC(C)c3nc4ccccc4[nH]3)cc2)n1. The van der Waals surface area contributed by atoms with Gasteiger partial charge in [-0.3, -0.25) is 4.79 Å². The molecule has 0 fully saturated rings. The molecule has 1 amide bonds. The van der Waals surface area contributed by atoms with Gasteiger partial charge in [0.1, 0.15) is 10.2 Å². The average Bonchev–Trinajstić information content (AvgIpc) is 3.32. The summed E-state index contributed by atoms with van der Waals surface area (Å²) in [5.41, 5.74) is 4.73. The number of carbonyl (C=O) groups excluding carboxylic acids is 1. The number of hydrogen-bond acceptors (Lipinski definition) is 5. The molecule has 0 aliphatic rings. The van der Waals surface area contributed by atoms with Gasteiger partial charge >= 0.3 is 0 Å². The van der Waals surface area contributed by atoms with Crippen molar-refractivity contribution in [1.29, 1.82) is 0 Å². The molecule has 2 heterocycles. The van der Waals surface area contributed by atoms with Crippen LogP contribution in [0.3, 0.4) is 0 Å². The number of thioether (sulfide) groups is 1. The Balaban J connectivity index is 1.37. The highest BCUT2D eigenvalue weighted by Gasteiger charge is 2.15. The molecule has 1 unspecified atom stereocenters. The number of nitrogens with one attached hydrogen (secondary N) is 2. The number of thiazole rings is 1. The molecule has 0 saturated carbocycles. The minimum atomic E-state index is -0.205. The van der Waals surface area contributed by atoms with Crippen LogP contribution in [0.25, 0.3) is 11.0 Å². The fourth-order valence-electron chi connectivity index (χ4n) is 2.82. The Kier molecular flexibility index (Phi) is 5.45. The predicted octanol–water partition coefficient (Wildman–Crippen LogP) is 5.11. The second-order valence-corrected chi connectivity index (χ2v) is 8.66. The molecule has 1 atom stereocenters. The van der Waals surface area contributed by atoms with Crippen molar-refractivity contribution >= 4 is 40.0 Å². The summed E-state index contributed by atoms with van der Waals surface area (Å²) in [5.74, 6) is 1.48. The summed E-state index contributed by atoms with van der Waals surface area (Å²) < 4.78 is 1.07. The van der Waals surface area contributed by atoms with E-state index in [4.69, 9.17) is 0 Å². The van der Waals surface area contributed by atoms with E-state index in [9.17, 15) is 4.79 Å². The molecule has 0 spiro atoms. The van der Waals surface area contributed by atoms with Crippen LogP contribution in [0.1, 0.15) is 40.4 Å². The van der Waals surface area contributed by atoms with E-state index >= 15 is 0 Å². The van der Waals surface area contributed by atoms with Crippen molar-refractivity contribution in [3.8, 4) is 0 Å². The Hall–Kier alpha value is -2.64. The highest BCUT2D eigenvalue weighted by molar-refractivity contribution is 8.00. The molecule has 4 rings (SSSR count). The summed E-state index contributed by atoms with van der Waals surface area (Å²) in [6, 6.07) is 15.4. The fraction of sp³-hybridized carbons (Fsp3) is 0.190. The molecule has 5 nitrogen and oxygen atoms in total. The molecule has 0 radical (unpaired) electrons. The van der Waals surface area contributed by atoms with Gasteiger partial charge in [-0.05, 0) is 43.7 Å². The molecule has 2 N–H and O–H groups in total. The van der Waals surface area contributed by atoms with Crippen molar-refractivity contribution in [3.63, 3.8) is 0 Å². The van der Waals surface area contributed by atoms with Crippen LogP contribution in [0, 0.1) is 6.92 Å². The van der Waals surface area contributed by atoms with Gasteiger partial charge in [-0.2, -0.15) is 0 Å². The topological polar surface area (TPSA) is 70.7 Å². The largest absolute Gasteiger partial charge is 0.342 e. The molecule has 2 aromatic heterocycles. The van der Waals surface area contributed by atoms with Crippen LogP contribution < -0.4 is 5.32 Å². The quantitative estimate of drug-likeness (QED) is 0.435. The van der Waals surface area contributed by atoms with Crippen molar-refractivity contribution in [3.05, 3.63) is 76.6 Å². The highest BCUT2D eigenvalue weighted by atomic mass is 32.2. The van der Waals surface area contributed by atoms with Gasteiger partial charge in [-0.1, -0.05) is 36.0 Å². The number of aryl methyl sites for hydroxylation is 1. The zero-order valence-corrected chi connectivity index (χ0v) is 17.2. The van der Waals surface area contributed by atoms with E-state index in [-0.39, 0.29) is 11.9 Å². The third-order valence-electron chi connectivity index (χ3n) is 4.34. The number of aromatic amines is 1. The number of aromatic nitrogens is 3. The third kappa shape index (κ3) is 4.26. The van der Waals surface area contributed by atoms with E-state index in [0.29, 0.717) is 5.56 Å². The van der Waals surface area contributed by atoms with Crippen molar-refractivity contribution < 1.29 is 4.79 Å². The zero-order valence-electron chi connectivity index (χ0n) is 15.6. The Labute approximate surface area is 171 Å². The lowest BCUT2D eigenvalue weighted by Gasteiger charge is -2.11. The molecule has 7 heteroatoms. The number of fused-ring (bicyclic) bond motifs is 1. The number of nitrogens with zero attached hydrogens (tertiary/aromatic N) is 2. The lowest BCUT2D eigenvalue weighted by atomic mass is 10.1. The van der Waals surface area contributed by atoms with Gasteiger partial charge in [0.25, 0.3) is 5.91 Å². The monoisotopic (exact) mass is 408 g/mol. The molecular weight excluding hydrogens is 388 g/mol. The molecule has 142 valence electrons. The third-order valence-corrected chi connectivity index (χ3v) is 6.55. The van der Waals surface area contributed by atoms with Gasteiger partial charge in [-0.25, -0.2) is 9.97 Å². The predicted molar refractivity (Wildman–Crippen MR) is 115 cm³/mol. The number of imidazole rings is 1. The van der Waals surface area contributed by atoms with E-state index < -0.39 is 0 Å². The van der Waals surface area contributed by atoms with Gasteiger partial charge in [-0.15, -0.1) is 11.3 Å². The zero-order chi connectivity index (χ0) is 19.5. The van der Waals surface area contributed by atoms with Crippen LogP contribution in [-0.2, 0) is 5.75 Å². The van der Waals surface area contributed by atoms with Crippen LogP contribution in [-0.4, -0.2) is 20.9 Å². The minimum Gasteiger partial charge on any atom is -0.342 e. The second kappa shape index (κ2) is 8.16. The normalized spacial score (nSPS) is 12.2. The van der Waals surface area contributed by atoms with Crippen LogP contribution in [0.5, 0.6) is 0 Å². The van der Waals surface area contributed by atoms with Crippen LogP contribution in [0.15, 0.2) is 58.3 Å². The van der Waals surface area contributed by atoms with E-state index in [1.165, 1.54) is 5.56 Å². The minimum absolute atomic E-state index is 0.109.